The number of nitrogens with one attached hydrogen (secondary N) is 1. The van der Waals surface area contributed by atoms with Gasteiger partial charge in [-0.15, -0.1) is 0 Å². The summed E-state index contributed by atoms with van der Waals surface area (Å²) in [6, 6.07) is 1.41. The van der Waals surface area contributed by atoms with Crippen LogP contribution in [0.4, 0.5) is 5.69 Å². The molecule has 0 saturated carbocycles. The number of aromatic nitrogens is 3. The average molecular weight is 271 g/mol. The second kappa shape index (κ2) is 4.73. The third kappa shape index (κ3) is 2.75. The number of anilines is 1. The summed E-state index contributed by atoms with van der Waals surface area (Å²) in [5.41, 5.74) is 0.858. The zero-order valence-corrected chi connectivity index (χ0v) is 10.3. The number of aryl methyl sites for hydroxylation is 1. The lowest BCUT2D eigenvalue weighted by Gasteiger charge is -2.04. The number of rotatable bonds is 2. The molecule has 0 aliphatic heterocycles. The Morgan fingerprint density at radius 1 is 1.41 bits per heavy atom. The maximum Gasteiger partial charge on any atom is 0.257 e. The van der Waals surface area contributed by atoms with Crippen LogP contribution in [-0.2, 0) is 7.05 Å². The highest BCUT2D eigenvalue weighted by Gasteiger charge is 2.12. The summed E-state index contributed by atoms with van der Waals surface area (Å²) >= 11 is 11.6. The molecular weight excluding hydrogens is 263 g/mol. The van der Waals surface area contributed by atoms with E-state index in [4.69, 9.17) is 23.2 Å². The van der Waals surface area contributed by atoms with Gasteiger partial charge in [-0.1, -0.05) is 23.2 Å². The molecule has 2 aromatic heterocycles. The molecule has 0 aliphatic rings. The first-order chi connectivity index (χ1) is 8.06. The lowest BCUT2D eigenvalue weighted by Crippen LogP contribution is -2.12. The van der Waals surface area contributed by atoms with Gasteiger partial charge in [-0.2, -0.15) is 5.10 Å². The summed E-state index contributed by atoms with van der Waals surface area (Å²) in [5.74, 6) is -0.354. The van der Waals surface area contributed by atoms with Gasteiger partial charge in [0.1, 0.15) is 5.15 Å². The minimum absolute atomic E-state index is 0.214. The smallest absolute Gasteiger partial charge is 0.257 e. The highest BCUT2D eigenvalue weighted by molar-refractivity contribution is 6.35. The van der Waals surface area contributed by atoms with Crippen molar-refractivity contribution in [3.63, 3.8) is 0 Å². The first-order valence-electron chi connectivity index (χ1n) is 4.67. The van der Waals surface area contributed by atoms with E-state index in [-0.39, 0.29) is 21.6 Å². The molecule has 0 radical (unpaired) electrons. The highest BCUT2D eigenvalue weighted by atomic mass is 35.5. The number of hydrogen-bond donors (Lipinski definition) is 1. The van der Waals surface area contributed by atoms with Crippen LogP contribution in [0.1, 0.15) is 10.4 Å². The summed E-state index contributed by atoms with van der Waals surface area (Å²) in [5, 5.41) is 7.05. The molecule has 0 unspecified atom stereocenters. The zero-order chi connectivity index (χ0) is 12.4. The van der Waals surface area contributed by atoms with Gasteiger partial charge in [-0.05, 0) is 6.07 Å². The van der Waals surface area contributed by atoms with Gasteiger partial charge in [0.2, 0.25) is 0 Å². The van der Waals surface area contributed by atoms with E-state index >= 15 is 0 Å². The number of carbonyl (C=O) groups is 1. The molecule has 0 aliphatic carbocycles. The number of carbonyl (C=O) groups excluding carboxylic acids is 1. The van der Waals surface area contributed by atoms with Crippen molar-refractivity contribution in [1.29, 1.82) is 0 Å². The van der Waals surface area contributed by atoms with E-state index in [0.717, 1.165) is 0 Å². The van der Waals surface area contributed by atoms with Gasteiger partial charge in [-0.3, -0.25) is 9.48 Å². The van der Waals surface area contributed by atoms with E-state index in [9.17, 15) is 4.79 Å². The minimum atomic E-state index is -0.354. The standard InChI is InChI=1S/C10H8Cl2N4O/c1-16-5-6(3-14-16)15-10(17)7-2-9(12)13-4-8(7)11/h2-5H,1H3,(H,15,17). The quantitative estimate of drug-likeness (QED) is 0.853. The summed E-state index contributed by atoms with van der Waals surface area (Å²) in [4.78, 5) is 15.6. The number of pyridine rings is 1. The van der Waals surface area contributed by atoms with E-state index in [2.05, 4.69) is 15.4 Å². The van der Waals surface area contributed by atoms with Crippen LogP contribution in [0.15, 0.2) is 24.7 Å². The van der Waals surface area contributed by atoms with Crippen molar-refractivity contribution in [2.24, 2.45) is 7.05 Å². The summed E-state index contributed by atoms with van der Waals surface area (Å²) in [6.45, 7) is 0. The van der Waals surface area contributed by atoms with Crippen LogP contribution >= 0.6 is 23.2 Å². The summed E-state index contributed by atoms with van der Waals surface area (Å²) in [7, 11) is 1.76. The van der Waals surface area contributed by atoms with Crippen LogP contribution < -0.4 is 5.32 Å². The Kier molecular flexibility index (Phi) is 3.31. The molecule has 7 heteroatoms. The first-order valence-corrected chi connectivity index (χ1v) is 5.43. The first kappa shape index (κ1) is 11.9. The van der Waals surface area contributed by atoms with Gasteiger partial charge in [0.25, 0.3) is 5.91 Å². The van der Waals surface area contributed by atoms with Crippen LogP contribution in [0, 0.1) is 0 Å². The fourth-order valence-corrected chi connectivity index (χ4v) is 1.62. The molecule has 88 valence electrons. The van der Waals surface area contributed by atoms with Crippen molar-refractivity contribution < 1.29 is 4.79 Å². The van der Waals surface area contributed by atoms with E-state index in [1.165, 1.54) is 18.5 Å². The van der Waals surface area contributed by atoms with Gasteiger partial charge >= 0.3 is 0 Å². The monoisotopic (exact) mass is 270 g/mol. The largest absolute Gasteiger partial charge is 0.319 e. The third-order valence-corrected chi connectivity index (χ3v) is 2.54. The second-order valence-corrected chi connectivity index (χ2v) is 4.14. The topological polar surface area (TPSA) is 59.8 Å². The average Bonchev–Trinajstić information content (AvgIpc) is 2.67. The van der Waals surface area contributed by atoms with Crippen molar-refractivity contribution in [3.8, 4) is 0 Å². The van der Waals surface area contributed by atoms with E-state index in [1.807, 2.05) is 0 Å². The van der Waals surface area contributed by atoms with Crippen LogP contribution in [0.5, 0.6) is 0 Å². The lowest BCUT2D eigenvalue weighted by molar-refractivity contribution is 0.102. The molecule has 0 saturated heterocycles. The Morgan fingerprint density at radius 2 is 2.18 bits per heavy atom. The fraction of sp³-hybridized carbons (Fsp3) is 0.100. The van der Waals surface area contributed by atoms with Gasteiger partial charge in [-0.25, -0.2) is 4.98 Å². The maximum absolute atomic E-state index is 11.9. The Balaban J connectivity index is 2.22. The van der Waals surface area contributed by atoms with Crippen molar-refractivity contribution >= 4 is 34.8 Å². The van der Waals surface area contributed by atoms with Gasteiger partial charge in [0.15, 0.2) is 0 Å². The van der Waals surface area contributed by atoms with Crippen LogP contribution in [0.2, 0.25) is 10.2 Å². The fourth-order valence-electron chi connectivity index (χ4n) is 1.27. The minimum Gasteiger partial charge on any atom is -0.319 e. The summed E-state index contributed by atoms with van der Waals surface area (Å²) < 4.78 is 1.58. The van der Waals surface area contributed by atoms with Crippen LogP contribution in [-0.4, -0.2) is 20.7 Å². The molecule has 1 N–H and O–H groups in total. The van der Waals surface area contributed by atoms with Crippen molar-refractivity contribution in [3.05, 3.63) is 40.4 Å². The molecule has 0 aromatic carbocycles. The van der Waals surface area contributed by atoms with Crippen molar-refractivity contribution in [1.82, 2.24) is 14.8 Å². The predicted molar refractivity (Wildman–Crippen MR) is 65.4 cm³/mol. The van der Waals surface area contributed by atoms with E-state index < -0.39 is 0 Å². The van der Waals surface area contributed by atoms with Gasteiger partial charge < -0.3 is 5.32 Å². The van der Waals surface area contributed by atoms with E-state index in [0.29, 0.717) is 5.69 Å². The number of amides is 1. The Morgan fingerprint density at radius 3 is 2.82 bits per heavy atom. The predicted octanol–water partition coefficient (Wildman–Crippen LogP) is 2.37. The number of halogens is 2. The molecule has 0 atom stereocenters. The summed E-state index contributed by atoms with van der Waals surface area (Å²) in [6.07, 6.45) is 4.55. The molecule has 0 spiro atoms. The van der Waals surface area contributed by atoms with Crippen molar-refractivity contribution in [2.75, 3.05) is 5.32 Å². The molecule has 2 heterocycles. The maximum atomic E-state index is 11.9. The normalized spacial score (nSPS) is 10.3. The molecule has 1 amide bonds. The molecule has 2 rings (SSSR count). The highest BCUT2D eigenvalue weighted by Crippen LogP contribution is 2.19. The molecule has 2 aromatic rings. The number of hydrogen-bond acceptors (Lipinski definition) is 3. The van der Waals surface area contributed by atoms with E-state index in [1.54, 1.807) is 17.9 Å². The second-order valence-electron chi connectivity index (χ2n) is 3.34. The molecule has 0 fully saturated rings. The third-order valence-electron chi connectivity index (χ3n) is 2.03. The lowest BCUT2D eigenvalue weighted by atomic mass is 10.2. The Bertz CT molecular complexity index is 567. The van der Waals surface area contributed by atoms with Gasteiger partial charge in [0, 0.05) is 19.4 Å². The number of nitrogens with zero attached hydrogens (tertiary/aromatic N) is 3. The van der Waals surface area contributed by atoms with Gasteiger partial charge in [0.05, 0.1) is 22.5 Å². The Hall–Kier alpha value is -1.59. The molecular formula is C10H8Cl2N4O. The molecule has 5 nitrogen and oxygen atoms in total. The molecule has 0 bridgehead atoms. The zero-order valence-electron chi connectivity index (χ0n) is 8.82. The Labute approximate surface area is 107 Å². The van der Waals surface area contributed by atoms with Crippen LogP contribution in [0.25, 0.3) is 0 Å². The SMILES string of the molecule is Cn1cc(NC(=O)c2cc(Cl)ncc2Cl)cn1. The van der Waals surface area contributed by atoms with Crippen molar-refractivity contribution in [2.45, 2.75) is 0 Å². The van der Waals surface area contributed by atoms with Crippen LogP contribution in [0.3, 0.4) is 0 Å². The molecule has 17 heavy (non-hydrogen) atoms.